The van der Waals surface area contributed by atoms with E-state index in [4.69, 9.17) is 15.8 Å². The molecule has 1 amide bonds. The molecule has 0 radical (unpaired) electrons. The van der Waals surface area contributed by atoms with E-state index in [1.165, 1.54) is 0 Å². The molecule has 74 valence electrons. The second kappa shape index (κ2) is 4.08. The molecule has 0 heterocycles. The van der Waals surface area contributed by atoms with E-state index in [1.54, 1.807) is 0 Å². The number of hydrogen-bond donors (Lipinski definition) is 3. The van der Waals surface area contributed by atoms with Gasteiger partial charge < -0.3 is 20.4 Å². The lowest BCUT2D eigenvalue weighted by Gasteiger charge is -2.05. The number of halogens is 1. The van der Waals surface area contributed by atoms with Gasteiger partial charge in [-0.2, -0.15) is 0 Å². The van der Waals surface area contributed by atoms with Crippen molar-refractivity contribution in [2.45, 2.75) is 0 Å². The van der Waals surface area contributed by atoms with Crippen molar-refractivity contribution in [3.8, 4) is 5.75 Å². The molecule has 0 saturated heterocycles. The molecule has 0 unspecified atom stereocenters. The molecule has 1 aromatic carbocycles. The summed E-state index contributed by atoms with van der Waals surface area (Å²) in [6.07, 6.45) is 0. The molecule has 0 spiro atoms. The van der Waals surface area contributed by atoms with Crippen LogP contribution in [0.25, 0.3) is 0 Å². The number of carbonyl (C=O) groups excluding carboxylic acids is 1. The third-order valence-corrected chi connectivity index (χ3v) is 1.44. The zero-order chi connectivity index (χ0) is 10.7. The summed E-state index contributed by atoms with van der Waals surface area (Å²) in [4.78, 5) is 10.7. The van der Waals surface area contributed by atoms with Crippen molar-refractivity contribution in [2.75, 3.05) is 0 Å². The second-order valence-corrected chi connectivity index (χ2v) is 2.45. The summed E-state index contributed by atoms with van der Waals surface area (Å²) in [6, 6.07) is 3.07. The Balaban J connectivity index is 3.00. The Morgan fingerprint density at radius 3 is 2.64 bits per heavy atom. The Bertz CT molecular complexity index is 358. The molecule has 0 aromatic heterocycles. The Morgan fingerprint density at radius 2 is 2.14 bits per heavy atom. The first kappa shape index (κ1) is 10.5. The summed E-state index contributed by atoms with van der Waals surface area (Å²) >= 11 is 0. The maximum atomic E-state index is 12.9. The monoisotopic (exact) mass is 199 g/mol. The van der Waals surface area contributed by atoms with Gasteiger partial charge in [0.05, 0.1) is 5.56 Å². The number of primary amides is 1. The highest BCUT2D eigenvalue weighted by molar-refractivity contribution is 6.33. The van der Waals surface area contributed by atoms with Gasteiger partial charge in [-0.15, -0.1) is 0 Å². The van der Waals surface area contributed by atoms with Crippen molar-refractivity contribution < 1.29 is 23.9 Å². The largest absolute Gasteiger partial charge is 0.707 e. The van der Waals surface area contributed by atoms with Crippen molar-refractivity contribution >= 4 is 13.2 Å². The van der Waals surface area contributed by atoms with Gasteiger partial charge in [-0.05, 0) is 18.2 Å². The lowest BCUT2D eigenvalue weighted by molar-refractivity contribution is 0.0996. The predicted octanol–water partition coefficient (Wildman–Crippen LogP) is -0.727. The summed E-state index contributed by atoms with van der Waals surface area (Å²) in [5, 5.41) is 16.9. The SMILES string of the molecule is NC(=O)c1cc(OB(O)O)ccc1F. The van der Waals surface area contributed by atoms with E-state index >= 15 is 0 Å². The Hall–Kier alpha value is -1.60. The van der Waals surface area contributed by atoms with E-state index in [-0.39, 0.29) is 11.3 Å². The highest BCUT2D eigenvalue weighted by Gasteiger charge is 2.14. The molecule has 0 bridgehead atoms. The van der Waals surface area contributed by atoms with Crippen molar-refractivity contribution in [1.82, 2.24) is 0 Å². The van der Waals surface area contributed by atoms with Gasteiger partial charge in [0, 0.05) is 0 Å². The summed E-state index contributed by atoms with van der Waals surface area (Å²) < 4.78 is 17.3. The van der Waals surface area contributed by atoms with Crippen LogP contribution in [0.1, 0.15) is 10.4 Å². The Morgan fingerprint density at radius 1 is 1.50 bits per heavy atom. The first-order valence-corrected chi connectivity index (χ1v) is 3.63. The van der Waals surface area contributed by atoms with Crippen LogP contribution in [0, 0.1) is 5.82 Å². The number of nitrogens with two attached hydrogens (primary N) is 1. The third-order valence-electron chi connectivity index (χ3n) is 1.44. The summed E-state index contributed by atoms with van der Waals surface area (Å²) in [7, 11) is -2.03. The van der Waals surface area contributed by atoms with Gasteiger partial charge in [0.15, 0.2) is 0 Å². The zero-order valence-corrected chi connectivity index (χ0v) is 6.98. The van der Waals surface area contributed by atoms with Gasteiger partial charge in [-0.1, -0.05) is 0 Å². The number of hydrogen-bond acceptors (Lipinski definition) is 4. The molecule has 0 fully saturated rings. The van der Waals surface area contributed by atoms with Crippen LogP contribution in [0.2, 0.25) is 0 Å². The highest BCUT2D eigenvalue weighted by atomic mass is 19.1. The molecule has 14 heavy (non-hydrogen) atoms. The smallest absolute Gasteiger partial charge is 0.512 e. The van der Waals surface area contributed by atoms with Gasteiger partial charge in [0.2, 0.25) is 0 Å². The molecule has 5 nitrogen and oxygen atoms in total. The van der Waals surface area contributed by atoms with Crippen molar-refractivity contribution in [3.63, 3.8) is 0 Å². The molecule has 1 aromatic rings. The predicted molar refractivity (Wildman–Crippen MR) is 45.7 cm³/mol. The quantitative estimate of drug-likeness (QED) is 0.559. The van der Waals surface area contributed by atoms with E-state index in [0.717, 1.165) is 18.2 Å². The first-order chi connectivity index (χ1) is 6.50. The summed E-state index contributed by atoms with van der Waals surface area (Å²) in [5.41, 5.74) is 4.48. The molecular formula is C7H7BFNO4. The molecule has 7 heteroatoms. The average molecular weight is 199 g/mol. The zero-order valence-electron chi connectivity index (χ0n) is 6.98. The van der Waals surface area contributed by atoms with Gasteiger partial charge in [-0.25, -0.2) is 4.39 Å². The van der Waals surface area contributed by atoms with Crippen molar-refractivity contribution in [2.24, 2.45) is 5.73 Å². The van der Waals surface area contributed by atoms with Crippen LogP contribution in [0.5, 0.6) is 5.75 Å². The minimum atomic E-state index is -2.03. The van der Waals surface area contributed by atoms with Crippen LogP contribution in [0.15, 0.2) is 18.2 Å². The molecular weight excluding hydrogens is 192 g/mol. The Labute approximate surface area is 79.1 Å². The molecule has 0 aliphatic carbocycles. The van der Waals surface area contributed by atoms with E-state index in [0.29, 0.717) is 0 Å². The first-order valence-electron chi connectivity index (χ1n) is 3.63. The molecule has 0 aliphatic rings. The number of rotatable bonds is 3. The number of carbonyl (C=O) groups is 1. The highest BCUT2D eigenvalue weighted by Crippen LogP contribution is 2.16. The molecule has 1 rings (SSSR count). The Kier molecular flexibility index (Phi) is 3.05. The number of amides is 1. The summed E-state index contributed by atoms with van der Waals surface area (Å²) in [6.45, 7) is 0. The fourth-order valence-corrected chi connectivity index (χ4v) is 0.888. The lowest BCUT2D eigenvalue weighted by Crippen LogP contribution is -2.21. The van der Waals surface area contributed by atoms with Crippen LogP contribution in [-0.2, 0) is 0 Å². The molecule has 0 aliphatic heterocycles. The molecule has 4 N–H and O–H groups in total. The standard InChI is InChI=1S/C7H7BFNO4/c9-6-2-1-4(14-8(12)13)3-5(6)7(10)11/h1-3,12-13H,(H2,10,11). The third kappa shape index (κ3) is 2.44. The van der Waals surface area contributed by atoms with Crippen molar-refractivity contribution in [3.05, 3.63) is 29.6 Å². The maximum absolute atomic E-state index is 12.9. The lowest BCUT2D eigenvalue weighted by atomic mass is 10.1. The van der Waals surface area contributed by atoms with Crippen LogP contribution in [0.3, 0.4) is 0 Å². The van der Waals surface area contributed by atoms with E-state index < -0.39 is 19.0 Å². The normalized spacial score (nSPS) is 9.64. The van der Waals surface area contributed by atoms with Gasteiger partial charge in [-0.3, -0.25) is 4.79 Å². The van der Waals surface area contributed by atoms with E-state index in [9.17, 15) is 9.18 Å². The van der Waals surface area contributed by atoms with Crippen LogP contribution in [-0.4, -0.2) is 23.3 Å². The van der Waals surface area contributed by atoms with Gasteiger partial charge >= 0.3 is 7.32 Å². The van der Waals surface area contributed by atoms with Crippen LogP contribution < -0.4 is 10.4 Å². The minimum Gasteiger partial charge on any atom is -0.512 e. The second-order valence-electron chi connectivity index (χ2n) is 2.45. The van der Waals surface area contributed by atoms with E-state index in [1.807, 2.05) is 0 Å². The fraction of sp³-hybridized carbons (Fsp3) is 0. The minimum absolute atomic E-state index is 0.0600. The topological polar surface area (TPSA) is 92.8 Å². The molecule has 0 saturated carbocycles. The maximum Gasteiger partial charge on any atom is 0.707 e. The summed E-state index contributed by atoms with van der Waals surface area (Å²) in [5.74, 6) is -1.81. The fourth-order valence-electron chi connectivity index (χ4n) is 0.888. The van der Waals surface area contributed by atoms with Gasteiger partial charge in [0.1, 0.15) is 11.6 Å². The van der Waals surface area contributed by atoms with Crippen molar-refractivity contribution in [1.29, 1.82) is 0 Å². The van der Waals surface area contributed by atoms with Crippen LogP contribution in [0.4, 0.5) is 4.39 Å². The van der Waals surface area contributed by atoms with E-state index in [2.05, 4.69) is 4.65 Å². The van der Waals surface area contributed by atoms with Crippen LogP contribution >= 0.6 is 0 Å². The molecule has 0 atom stereocenters. The number of benzene rings is 1. The average Bonchev–Trinajstić information content (AvgIpc) is 2.07. The van der Waals surface area contributed by atoms with Gasteiger partial charge in [0.25, 0.3) is 5.91 Å².